The van der Waals surface area contributed by atoms with Gasteiger partial charge >= 0.3 is 12.1 Å². The topological polar surface area (TPSA) is 105 Å². The highest BCUT2D eigenvalue weighted by Crippen LogP contribution is 2.44. The second-order valence-corrected chi connectivity index (χ2v) is 9.17. The summed E-state index contributed by atoms with van der Waals surface area (Å²) in [5.41, 5.74) is 4.74. The molecule has 0 bridgehead atoms. The molecule has 0 spiro atoms. The molecular weight excluding hydrogens is 432 g/mol. The first-order chi connectivity index (χ1) is 16.5. The molecule has 2 aromatic carbocycles. The van der Waals surface area contributed by atoms with Crippen molar-refractivity contribution >= 4 is 18.0 Å². The SMILES string of the molecule is O=C(O)CCCCCNC(=O)[C@@H]1CC[C@H](NC(=O)OCC2c3ccccc3-c3ccccc32)C1. The van der Waals surface area contributed by atoms with Crippen molar-refractivity contribution in [2.24, 2.45) is 5.92 Å². The number of aliphatic carboxylic acids is 1. The maximum atomic E-state index is 12.5. The van der Waals surface area contributed by atoms with Crippen LogP contribution < -0.4 is 10.6 Å². The number of carbonyl (C=O) groups excluding carboxylic acids is 2. The van der Waals surface area contributed by atoms with Gasteiger partial charge in [0.25, 0.3) is 0 Å². The van der Waals surface area contributed by atoms with Gasteiger partial charge < -0.3 is 20.5 Å². The van der Waals surface area contributed by atoms with Crippen LogP contribution in [0, 0.1) is 5.92 Å². The van der Waals surface area contributed by atoms with Gasteiger partial charge in [0, 0.05) is 30.8 Å². The lowest BCUT2D eigenvalue weighted by molar-refractivity contribution is -0.137. The quantitative estimate of drug-likeness (QED) is 0.451. The molecule has 0 aliphatic heterocycles. The van der Waals surface area contributed by atoms with E-state index in [4.69, 9.17) is 9.84 Å². The number of alkyl carbamates (subject to hydrolysis) is 1. The van der Waals surface area contributed by atoms with E-state index in [0.717, 1.165) is 25.7 Å². The number of hydrogen-bond donors (Lipinski definition) is 3. The van der Waals surface area contributed by atoms with E-state index >= 15 is 0 Å². The molecule has 3 N–H and O–H groups in total. The summed E-state index contributed by atoms with van der Waals surface area (Å²) in [6.07, 6.45) is 4.00. The fourth-order valence-corrected chi connectivity index (χ4v) is 5.09. The van der Waals surface area contributed by atoms with E-state index in [9.17, 15) is 14.4 Å². The van der Waals surface area contributed by atoms with E-state index in [1.54, 1.807) is 0 Å². The van der Waals surface area contributed by atoms with Crippen molar-refractivity contribution in [3.63, 3.8) is 0 Å². The van der Waals surface area contributed by atoms with E-state index in [2.05, 4.69) is 34.9 Å². The highest BCUT2D eigenvalue weighted by molar-refractivity contribution is 5.80. The first-order valence-electron chi connectivity index (χ1n) is 12.1. The number of amides is 2. The van der Waals surface area contributed by atoms with Gasteiger partial charge in [-0.25, -0.2) is 4.79 Å². The van der Waals surface area contributed by atoms with Crippen molar-refractivity contribution in [1.82, 2.24) is 10.6 Å². The Kier molecular flexibility index (Phi) is 7.83. The van der Waals surface area contributed by atoms with Crippen LogP contribution in [0.4, 0.5) is 4.79 Å². The third-order valence-electron chi connectivity index (χ3n) is 6.84. The summed E-state index contributed by atoms with van der Waals surface area (Å²) in [4.78, 5) is 35.4. The van der Waals surface area contributed by atoms with E-state index in [-0.39, 0.29) is 36.8 Å². The predicted molar refractivity (Wildman–Crippen MR) is 128 cm³/mol. The smallest absolute Gasteiger partial charge is 0.407 e. The molecular formula is C27H32N2O5. The minimum atomic E-state index is -0.787. The lowest BCUT2D eigenvalue weighted by atomic mass is 9.98. The van der Waals surface area contributed by atoms with Crippen LogP contribution in [-0.2, 0) is 14.3 Å². The van der Waals surface area contributed by atoms with Crippen molar-refractivity contribution in [3.8, 4) is 11.1 Å². The van der Waals surface area contributed by atoms with Crippen LogP contribution in [0.1, 0.15) is 62.0 Å². The maximum absolute atomic E-state index is 12.5. The van der Waals surface area contributed by atoms with Gasteiger partial charge in [-0.3, -0.25) is 9.59 Å². The number of carboxylic acids is 1. The molecule has 0 unspecified atom stereocenters. The van der Waals surface area contributed by atoms with Crippen molar-refractivity contribution in [2.75, 3.05) is 13.2 Å². The number of ether oxygens (including phenoxy) is 1. The second kappa shape index (κ2) is 11.2. The van der Waals surface area contributed by atoms with Crippen molar-refractivity contribution in [3.05, 3.63) is 59.7 Å². The Balaban J connectivity index is 1.19. The highest BCUT2D eigenvalue weighted by atomic mass is 16.5. The molecule has 7 nitrogen and oxygen atoms in total. The third kappa shape index (κ3) is 5.76. The molecule has 7 heteroatoms. The number of nitrogens with one attached hydrogen (secondary N) is 2. The van der Waals surface area contributed by atoms with Crippen molar-refractivity contribution in [2.45, 2.75) is 56.9 Å². The summed E-state index contributed by atoms with van der Waals surface area (Å²) in [6.45, 7) is 0.831. The van der Waals surface area contributed by atoms with Gasteiger partial charge in [-0.05, 0) is 54.4 Å². The first kappa shape index (κ1) is 23.8. The molecule has 4 rings (SSSR count). The van der Waals surface area contributed by atoms with Gasteiger partial charge in [0.1, 0.15) is 6.61 Å². The zero-order valence-corrected chi connectivity index (χ0v) is 19.3. The van der Waals surface area contributed by atoms with Crippen molar-refractivity contribution in [1.29, 1.82) is 0 Å². The Hall–Kier alpha value is -3.35. The lowest BCUT2D eigenvalue weighted by Gasteiger charge is -2.17. The molecule has 1 fully saturated rings. The summed E-state index contributed by atoms with van der Waals surface area (Å²) >= 11 is 0. The molecule has 2 amide bonds. The van der Waals surface area contributed by atoms with Gasteiger partial charge in [0.15, 0.2) is 0 Å². The third-order valence-corrected chi connectivity index (χ3v) is 6.84. The standard InChI is InChI=1S/C27H32N2O5/c30-25(31)12-2-1-7-15-28-26(32)18-13-14-19(16-18)29-27(33)34-17-24-22-10-5-3-8-20(22)21-9-4-6-11-23(21)24/h3-6,8-11,18-19,24H,1-2,7,12-17H2,(H,28,32)(H,29,33)(H,30,31)/t18-,19+/m1/s1. The minimum Gasteiger partial charge on any atom is -0.481 e. The van der Waals surface area contributed by atoms with Crippen LogP contribution in [0.15, 0.2) is 48.5 Å². The second-order valence-electron chi connectivity index (χ2n) is 9.17. The first-order valence-corrected chi connectivity index (χ1v) is 12.1. The number of carbonyl (C=O) groups is 3. The number of unbranched alkanes of at least 4 members (excludes halogenated alkanes) is 2. The number of benzene rings is 2. The molecule has 180 valence electrons. The summed E-state index contributed by atoms with van der Waals surface area (Å²) in [7, 11) is 0. The number of fused-ring (bicyclic) bond motifs is 3. The van der Waals surface area contributed by atoms with Crippen LogP contribution in [0.2, 0.25) is 0 Å². The number of rotatable bonds is 10. The Morgan fingerprint density at radius 2 is 1.59 bits per heavy atom. The van der Waals surface area contributed by atoms with E-state index in [1.165, 1.54) is 22.3 Å². The maximum Gasteiger partial charge on any atom is 0.407 e. The highest BCUT2D eigenvalue weighted by Gasteiger charge is 2.32. The molecule has 0 aromatic heterocycles. The van der Waals surface area contributed by atoms with Crippen LogP contribution in [-0.4, -0.2) is 42.3 Å². The monoisotopic (exact) mass is 464 g/mol. The molecule has 1 saturated carbocycles. The normalized spacial score (nSPS) is 18.7. The predicted octanol–water partition coefficient (Wildman–Crippen LogP) is 4.46. The van der Waals surface area contributed by atoms with E-state index in [0.29, 0.717) is 19.4 Å². The largest absolute Gasteiger partial charge is 0.481 e. The molecule has 34 heavy (non-hydrogen) atoms. The Morgan fingerprint density at radius 1 is 0.912 bits per heavy atom. The van der Waals surface area contributed by atoms with E-state index < -0.39 is 12.1 Å². The Labute approximate surface area is 199 Å². The summed E-state index contributed by atoms with van der Waals surface area (Å²) in [6, 6.07) is 16.4. The summed E-state index contributed by atoms with van der Waals surface area (Å²) < 4.78 is 5.62. The van der Waals surface area contributed by atoms with Crippen LogP contribution in [0.25, 0.3) is 11.1 Å². The van der Waals surface area contributed by atoms with E-state index in [1.807, 2.05) is 24.3 Å². The van der Waals surface area contributed by atoms with Gasteiger partial charge in [0.2, 0.25) is 5.91 Å². The Bertz CT molecular complexity index is 992. The molecule has 2 aliphatic carbocycles. The van der Waals surface area contributed by atoms with Gasteiger partial charge in [0.05, 0.1) is 0 Å². The zero-order chi connectivity index (χ0) is 23.9. The van der Waals surface area contributed by atoms with Gasteiger partial charge in [-0.2, -0.15) is 0 Å². The number of carboxylic acid groups (broad SMARTS) is 1. The Morgan fingerprint density at radius 3 is 2.26 bits per heavy atom. The summed E-state index contributed by atoms with van der Waals surface area (Å²) in [5, 5.41) is 14.5. The minimum absolute atomic E-state index is 0.00933. The summed E-state index contributed by atoms with van der Waals surface area (Å²) in [5.74, 6) is -0.867. The van der Waals surface area contributed by atoms with Crippen LogP contribution in [0.3, 0.4) is 0 Å². The van der Waals surface area contributed by atoms with Crippen LogP contribution >= 0.6 is 0 Å². The van der Waals surface area contributed by atoms with Gasteiger partial charge in [-0.1, -0.05) is 55.0 Å². The molecule has 2 aromatic rings. The lowest BCUT2D eigenvalue weighted by Crippen LogP contribution is -2.36. The molecule has 0 radical (unpaired) electrons. The molecule has 0 heterocycles. The molecule has 2 aliphatic rings. The average molecular weight is 465 g/mol. The molecule has 2 atom stereocenters. The number of hydrogen-bond acceptors (Lipinski definition) is 4. The fraction of sp³-hybridized carbons (Fsp3) is 0.444. The van der Waals surface area contributed by atoms with Gasteiger partial charge in [-0.15, -0.1) is 0 Å². The van der Waals surface area contributed by atoms with Crippen LogP contribution in [0.5, 0.6) is 0 Å². The zero-order valence-electron chi connectivity index (χ0n) is 19.3. The molecule has 0 saturated heterocycles. The fourth-order valence-electron chi connectivity index (χ4n) is 5.09. The van der Waals surface area contributed by atoms with Crippen molar-refractivity contribution < 1.29 is 24.2 Å². The average Bonchev–Trinajstić information content (AvgIpc) is 3.42.